The number of para-hydroxylation sites is 1. The van der Waals surface area contributed by atoms with Gasteiger partial charge in [-0.05, 0) is 73.7 Å². The molecule has 1 aromatic heterocycles. The molecule has 4 N–H and O–H groups in total. The molecule has 216 valence electrons. The van der Waals surface area contributed by atoms with E-state index < -0.39 is 22.9 Å². The Balaban J connectivity index is 1.28. The number of rotatable bonds is 9. The molecule has 0 saturated heterocycles. The van der Waals surface area contributed by atoms with Gasteiger partial charge in [0.1, 0.15) is 11.5 Å². The average molecular weight is 658 g/mol. The zero-order valence-corrected chi connectivity index (χ0v) is 25.3. The molecule has 0 aliphatic heterocycles. The Morgan fingerprint density at radius 2 is 1.63 bits per heavy atom. The van der Waals surface area contributed by atoms with E-state index in [-0.39, 0.29) is 17.3 Å². The standard InChI is InChI=1S/C33H26BrFN4O3S/c1-20(31(40)38-29-16-11-23(34)18-27(29)35)43-25-14-12-24(13-15-25)37-33(42)30(39-32(41)21-7-3-2-4-8-21)17-22-19-36-28-10-6-5-9-26(22)28/h2-20,36H,1H3,(H,37,42)(H,38,40)(H,39,41)/b30-17-. The highest BCUT2D eigenvalue weighted by molar-refractivity contribution is 9.10. The fraction of sp³-hybridized carbons (Fsp3) is 0.0606. The maximum Gasteiger partial charge on any atom is 0.272 e. The molecule has 5 rings (SSSR count). The van der Waals surface area contributed by atoms with Crippen LogP contribution in [0, 0.1) is 5.82 Å². The van der Waals surface area contributed by atoms with Crippen LogP contribution in [0.4, 0.5) is 15.8 Å². The first-order valence-corrected chi connectivity index (χ1v) is 14.9. The summed E-state index contributed by atoms with van der Waals surface area (Å²) in [5, 5.41) is 8.59. The molecule has 5 aromatic rings. The molecule has 0 radical (unpaired) electrons. The molecule has 0 spiro atoms. The smallest absolute Gasteiger partial charge is 0.272 e. The minimum Gasteiger partial charge on any atom is -0.361 e. The van der Waals surface area contributed by atoms with E-state index in [2.05, 4.69) is 36.9 Å². The van der Waals surface area contributed by atoms with Gasteiger partial charge in [0, 0.05) is 43.3 Å². The molecule has 0 saturated carbocycles. The molecule has 7 nitrogen and oxygen atoms in total. The van der Waals surface area contributed by atoms with Crippen molar-refractivity contribution in [2.45, 2.75) is 17.1 Å². The molecular formula is C33H26BrFN4O3S. The SMILES string of the molecule is CC(Sc1ccc(NC(=O)/C(=C/c2c[nH]c3ccccc23)NC(=O)c2ccccc2)cc1)C(=O)Nc1ccc(Br)cc1F. The van der Waals surface area contributed by atoms with Crippen molar-refractivity contribution in [2.24, 2.45) is 0 Å². The predicted octanol–water partition coefficient (Wildman–Crippen LogP) is 7.60. The van der Waals surface area contributed by atoms with Gasteiger partial charge in [-0.25, -0.2) is 4.39 Å². The third-order valence-corrected chi connectivity index (χ3v) is 8.04. The van der Waals surface area contributed by atoms with Gasteiger partial charge in [0.05, 0.1) is 10.9 Å². The van der Waals surface area contributed by atoms with Gasteiger partial charge in [-0.15, -0.1) is 11.8 Å². The summed E-state index contributed by atoms with van der Waals surface area (Å²) in [5.74, 6) is -1.79. The maximum atomic E-state index is 14.1. The minimum absolute atomic E-state index is 0.0718. The summed E-state index contributed by atoms with van der Waals surface area (Å²) in [6.07, 6.45) is 3.41. The van der Waals surface area contributed by atoms with Crippen LogP contribution >= 0.6 is 27.7 Å². The number of aromatic amines is 1. The van der Waals surface area contributed by atoms with Crippen LogP contribution in [0.15, 0.2) is 118 Å². The normalized spacial score (nSPS) is 12.0. The Kier molecular flexibility index (Phi) is 9.38. The van der Waals surface area contributed by atoms with Gasteiger partial charge in [0.2, 0.25) is 5.91 Å². The number of H-pyrrole nitrogens is 1. The van der Waals surface area contributed by atoms with Gasteiger partial charge < -0.3 is 20.9 Å². The number of amides is 3. The number of halogens is 2. The van der Waals surface area contributed by atoms with Crippen molar-refractivity contribution in [1.29, 1.82) is 0 Å². The van der Waals surface area contributed by atoms with Gasteiger partial charge in [0.15, 0.2) is 0 Å². The number of nitrogens with one attached hydrogen (secondary N) is 4. The van der Waals surface area contributed by atoms with E-state index in [9.17, 15) is 18.8 Å². The molecular weight excluding hydrogens is 631 g/mol. The Morgan fingerprint density at radius 3 is 2.37 bits per heavy atom. The molecule has 0 fully saturated rings. The molecule has 1 heterocycles. The summed E-state index contributed by atoms with van der Waals surface area (Å²) in [6, 6.07) is 27.7. The van der Waals surface area contributed by atoms with Crippen molar-refractivity contribution in [3.63, 3.8) is 0 Å². The maximum absolute atomic E-state index is 14.1. The Morgan fingerprint density at radius 1 is 0.907 bits per heavy atom. The Bertz CT molecular complexity index is 1820. The number of fused-ring (bicyclic) bond motifs is 1. The molecule has 0 bridgehead atoms. The van der Waals surface area contributed by atoms with Crippen LogP contribution in [0.25, 0.3) is 17.0 Å². The number of thioether (sulfide) groups is 1. The van der Waals surface area contributed by atoms with Crippen LogP contribution in [0.1, 0.15) is 22.8 Å². The second-order valence-electron chi connectivity index (χ2n) is 9.52. The second kappa shape index (κ2) is 13.5. The Labute approximate surface area is 260 Å². The summed E-state index contributed by atoms with van der Waals surface area (Å²) in [5.41, 5.74) is 2.75. The molecule has 1 unspecified atom stereocenters. The van der Waals surface area contributed by atoms with Crippen LogP contribution in [0.3, 0.4) is 0 Å². The highest BCUT2D eigenvalue weighted by Crippen LogP contribution is 2.27. The highest BCUT2D eigenvalue weighted by atomic mass is 79.9. The summed E-state index contributed by atoms with van der Waals surface area (Å²) < 4.78 is 14.7. The van der Waals surface area contributed by atoms with E-state index in [4.69, 9.17) is 0 Å². The first kappa shape index (κ1) is 29.8. The second-order valence-corrected chi connectivity index (χ2v) is 11.8. The van der Waals surface area contributed by atoms with E-state index in [1.54, 1.807) is 73.8 Å². The molecule has 10 heteroatoms. The fourth-order valence-corrected chi connectivity index (χ4v) is 5.41. The van der Waals surface area contributed by atoms with Gasteiger partial charge >= 0.3 is 0 Å². The molecule has 0 aliphatic carbocycles. The van der Waals surface area contributed by atoms with Crippen molar-refractivity contribution in [3.8, 4) is 0 Å². The van der Waals surface area contributed by atoms with E-state index in [1.807, 2.05) is 30.3 Å². The summed E-state index contributed by atoms with van der Waals surface area (Å²) in [4.78, 5) is 43.0. The molecule has 3 amide bonds. The van der Waals surface area contributed by atoms with Crippen molar-refractivity contribution < 1.29 is 18.8 Å². The number of benzene rings is 4. The lowest BCUT2D eigenvalue weighted by Crippen LogP contribution is -2.30. The minimum atomic E-state index is -0.530. The van der Waals surface area contributed by atoms with Gasteiger partial charge in [-0.2, -0.15) is 0 Å². The zero-order valence-electron chi connectivity index (χ0n) is 22.9. The number of carbonyl (C=O) groups excluding carboxylic acids is 3. The van der Waals surface area contributed by atoms with Gasteiger partial charge in [-0.3, -0.25) is 14.4 Å². The number of carbonyl (C=O) groups is 3. The van der Waals surface area contributed by atoms with Crippen LogP contribution in [-0.4, -0.2) is 28.0 Å². The van der Waals surface area contributed by atoms with E-state index in [1.165, 1.54) is 23.9 Å². The van der Waals surface area contributed by atoms with Crippen LogP contribution < -0.4 is 16.0 Å². The average Bonchev–Trinajstić information content (AvgIpc) is 3.42. The molecule has 4 aromatic carbocycles. The largest absolute Gasteiger partial charge is 0.361 e. The van der Waals surface area contributed by atoms with Crippen LogP contribution in [-0.2, 0) is 9.59 Å². The lowest BCUT2D eigenvalue weighted by molar-refractivity contribution is -0.115. The van der Waals surface area contributed by atoms with E-state index in [0.29, 0.717) is 15.7 Å². The van der Waals surface area contributed by atoms with Crippen molar-refractivity contribution >= 4 is 73.8 Å². The molecule has 0 aliphatic rings. The van der Waals surface area contributed by atoms with E-state index >= 15 is 0 Å². The van der Waals surface area contributed by atoms with Gasteiger partial charge in [0.25, 0.3) is 11.8 Å². The van der Waals surface area contributed by atoms with Crippen molar-refractivity contribution in [2.75, 3.05) is 10.6 Å². The number of aromatic nitrogens is 1. The summed E-state index contributed by atoms with van der Waals surface area (Å²) >= 11 is 4.50. The van der Waals surface area contributed by atoms with E-state index in [0.717, 1.165) is 21.4 Å². The predicted molar refractivity (Wildman–Crippen MR) is 173 cm³/mol. The summed E-state index contributed by atoms with van der Waals surface area (Å²) in [6.45, 7) is 1.73. The lowest BCUT2D eigenvalue weighted by Gasteiger charge is -2.14. The first-order valence-electron chi connectivity index (χ1n) is 13.2. The quantitative estimate of drug-likeness (QED) is 0.0969. The molecule has 43 heavy (non-hydrogen) atoms. The van der Waals surface area contributed by atoms with Crippen LogP contribution in [0.5, 0.6) is 0 Å². The first-order chi connectivity index (χ1) is 20.8. The third kappa shape index (κ3) is 7.59. The van der Waals surface area contributed by atoms with Gasteiger partial charge in [-0.1, -0.05) is 52.3 Å². The zero-order chi connectivity index (χ0) is 30.3. The third-order valence-electron chi connectivity index (χ3n) is 6.43. The summed E-state index contributed by atoms with van der Waals surface area (Å²) in [7, 11) is 0. The number of hydrogen-bond donors (Lipinski definition) is 4. The number of anilines is 2. The number of hydrogen-bond acceptors (Lipinski definition) is 4. The van der Waals surface area contributed by atoms with Crippen LogP contribution in [0.2, 0.25) is 0 Å². The lowest BCUT2D eigenvalue weighted by atomic mass is 10.1. The Hall–Kier alpha value is -4.67. The highest BCUT2D eigenvalue weighted by Gasteiger charge is 2.18. The molecule has 1 atom stereocenters. The van der Waals surface area contributed by atoms with Crippen molar-refractivity contribution in [1.82, 2.24) is 10.3 Å². The van der Waals surface area contributed by atoms with Crippen molar-refractivity contribution in [3.05, 3.63) is 130 Å². The topological polar surface area (TPSA) is 103 Å². The monoisotopic (exact) mass is 656 g/mol. The fourth-order valence-electron chi connectivity index (χ4n) is 4.21.